The van der Waals surface area contributed by atoms with Crippen LogP contribution < -0.4 is 5.32 Å². The lowest BCUT2D eigenvalue weighted by molar-refractivity contribution is -0.116. The molecule has 0 atom stereocenters. The van der Waals surface area contributed by atoms with Gasteiger partial charge >= 0.3 is 5.97 Å². The first kappa shape index (κ1) is 13.6. The van der Waals surface area contributed by atoms with Crippen LogP contribution in [0.25, 0.3) is 0 Å². The van der Waals surface area contributed by atoms with E-state index in [9.17, 15) is 9.59 Å². The first-order chi connectivity index (χ1) is 7.91. The topological polar surface area (TPSA) is 79.3 Å². The van der Waals surface area contributed by atoms with Gasteiger partial charge in [0.2, 0.25) is 5.91 Å². The molecule has 1 amide bonds. The quantitative estimate of drug-likeness (QED) is 0.848. The number of carboxylic acid groups (broad SMARTS) is 1. The predicted molar refractivity (Wildman–Crippen MR) is 66.5 cm³/mol. The Bertz CT molecular complexity index is 426. The van der Waals surface area contributed by atoms with Crippen molar-refractivity contribution in [1.29, 1.82) is 0 Å². The molecule has 0 fully saturated rings. The van der Waals surface area contributed by atoms with Gasteiger partial charge < -0.3 is 10.4 Å². The second-order valence-corrected chi connectivity index (χ2v) is 5.03. The number of carbonyl (C=O) groups is 2. The van der Waals surface area contributed by atoms with Crippen LogP contribution in [-0.2, 0) is 4.79 Å². The Morgan fingerprint density at radius 1 is 1.47 bits per heavy atom. The van der Waals surface area contributed by atoms with E-state index in [1.54, 1.807) is 6.92 Å². The van der Waals surface area contributed by atoms with E-state index >= 15 is 0 Å². The van der Waals surface area contributed by atoms with Gasteiger partial charge in [-0.2, -0.15) is 4.37 Å². The Morgan fingerprint density at radius 3 is 2.65 bits per heavy atom. The highest BCUT2D eigenvalue weighted by Crippen LogP contribution is 2.24. The average Bonchev–Trinajstić information content (AvgIpc) is 2.56. The van der Waals surface area contributed by atoms with Crippen LogP contribution in [0.15, 0.2) is 0 Å². The molecule has 6 heteroatoms. The van der Waals surface area contributed by atoms with E-state index in [2.05, 4.69) is 9.69 Å². The average molecular weight is 256 g/mol. The van der Waals surface area contributed by atoms with Gasteiger partial charge in [0, 0.05) is 6.42 Å². The standard InChI is InChI=1S/C11H16N2O3S/c1-6(2)4-5-8(14)12-10-9(11(15)16)7(3)13-17-10/h6H,4-5H2,1-3H3,(H,12,14)(H,15,16). The zero-order valence-electron chi connectivity index (χ0n) is 10.1. The summed E-state index contributed by atoms with van der Waals surface area (Å²) in [5, 5.41) is 11.9. The van der Waals surface area contributed by atoms with E-state index in [-0.39, 0.29) is 11.5 Å². The van der Waals surface area contributed by atoms with Crippen molar-refractivity contribution in [2.24, 2.45) is 5.92 Å². The number of carboxylic acids is 1. The molecule has 2 N–H and O–H groups in total. The lowest BCUT2D eigenvalue weighted by atomic mass is 10.1. The summed E-state index contributed by atoms with van der Waals surface area (Å²) in [5.74, 6) is -0.775. The minimum Gasteiger partial charge on any atom is -0.478 e. The number of aromatic nitrogens is 1. The molecule has 0 aliphatic carbocycles. The summed E-state index contributed by atoms with van der Waals surface area (Å²) in [6.07, 6.45) is 1.18. The number of anilines is 1. The maximum absolute atomic E-state index is 11.6. The van der Waals surface area contributed by atoms with Crippen molar-refractivity contribution in [3.05, 3.63) is 11.3 Å². The molecule has 94 valence electrons. The fourth-order valence-corrected chi connectivity index (χ4v) is 2.12. The first-order valence-electron chi connectivity index (χ1n) is 5.41. The van der Waals surface area contributed by atoms with Gasteiger partial charge in [0.1, 0.15) is 10.6 Å². The highest BCUT2D eigenvalue weighted by atomic mass is 32.1. The molecule has 1 aromatic rings. The van der Waals surface area contributed by atoms with E-state index in [1.165, 1.54) is 0 Å². The molecule has 0 saturated carbocycles. The Balaban J connectivity index is 2.69. The van der Waals surface area contributed by atoms with Gasteiger partial charge in [0.05, 0.1) is 5.69 Å². The lowest BCUT2D eigenvalue weighted by Gasteiger charge is -2.05. The Hall–Kier alpha value is -1.43. The number of hydrogen-bond acceptors (Lipinski definition) is 4. The molecule has 0 spiro atoms. The Morgan fingerprint density at radius 2 is 2.12 bits per heavy atom. The zero-order valence-corrected chi connectivity index (χ0v) is 10.9. The van der Waals surface area contributed by atoms with E-state index in [1.807, 2.05) is 13.8 Å². The van der Waals surface area contributed by atoms with Crippen LogP contribution in [0.5, 0.6) is 0 Å². The summed E-state index contributed by atoms with van der Waals surface area (Å²) in [7, 11) is 0. The summed E-state index contributed by atoms with van der Waals surface area (Å²) in [5.41, 5.74) is 0.523. The third kappa shape index (κ3) is 3.81. The van der Waals surface area contributed by atoms with Crippen molar-refractivity contribution in [2.75, 3.05) is 5.32 Å². The maximum atomic E-state index is 11.6. The number of hydrogen-bond donors (Lipinski definition) is 2. The van der Waals surface area contributed by atoms with E-state index in [4.69, 9.17) is 5.11 Å². The second-order valence-electron chi connectivity index (χ2n) is 4.26. The molecular formula is C11H16N2O3S. The number of amides is 1. The first-order valence-corrected chi connectivity index (χ1v) is 6.18. The molecule has 0 bridgehead atoms. The number of aryl methyl sites for hydroxylation is 1. The summed E-state index contributed by atoms with van der Waals surface area (Å²) in [4.78, 5) is 22.5. The third-order valence-electron chi connectivity index (χ3n) is 2.28. The van der Waals surface area contributed by atoms with Crippen LogP contribution in [0.1, 0.15) is 42.7 Å². The molecule has 17 heavy (non-hydrogen) atoms. The molecule has 0 aliphatic rings. The number of aromatic carboxylic acids is 1. The van der Waals surface area contributed by atoms with Crippen molar-refractivity contribution in [3.8, 4) is 0 Å². The molecule has 0 aliphatic heterocycles. The monoisotopic (exact) mass is 256 g/mol. The van der Waals surface area contributed by atoms with E-state index < -0.39 is 5.97 Å². The summed E-state index contributed by atoms with van der Waals surface area (Å²) in [6.45, 7) is 5.68. The van der Waals surface area contributed by atoms with Crippen molar-refractivity contribution in [3.63, 3.8) is 0 Å². The summed E-state index contributed by atoms with van der Waals surface area (Å²) >= 11 is 1.00. The van der Waals surface area contributed by atoms with Crippen molar-refractivity contribution in [1.82, 2.24) is 4.37 Å². The normalized spacial score (nSPS) is 10.6. The third-order valence-corrected chi connectivity index (χ3v) is 3.13. The molecule has 0 radical (unpaired) electrons. The minimum absolute atomic E-state index is 0.0906. The minimum atomic E-state index is -1.06. The molecule has 0 unspecified atom stereocenters. The predicted octanol–water partition coefficient (Wildman–Crippen LogP) is 2.52. The summed E-state index contributed by atoms with van der Waals surface area (Å²) < 4.78 is 3.93. The highest BCUT2D eigenvalue weighted by molar-refractivity contribution is 7.11. The number of rotatable bonds is 5. The van der Waals surface area contributed by atoms with Crippen LogP contribution in [0.3, 0.4) is 0 Å². The number of nitrogens with zero attached hydrogens (tertiary/aromatic N) is 1. The molecule has 0 saturated heterocycles. The van der Waals surface area contributed by atoms with Crippen LogP contribution in [-0.4, -0.2) is 21.4 Å². The molecule has 1 rings (SSSR count). The van der Waals surface area contributed by atoms with Crippen LogP contribution in [0.2, 0.25) is 0 Å². The zero-order chi connectivity index (χ0) is 13.0. The van der Waals surface area contributed by atoms with E-state index in [0.29, 0.717) is 23.0 Å². The number of nitrogens with one attached hydrogen (secondary N) is 1. The van der Waals surface area contributed by atoms with Crippen molar-refractivity contribution < 1.29 is 14.7 Å². The highest BCUT2D eigenvalue weighted by Gasteiger charge is 2.19. The van der Waals surface area contributed by atoms with Gasteiger partial charge in [-0.25, -0.2) is 4.79 Å². The van der Waals surface area contributed by atoms with Crippen LogP contribution >= 0.6 is 11.5 Å². The van der Waals surface area contributed by atoms with Crippen LogP contribution in [0.4, 0.5) is 5.00 Å². The summed E-state index contributed by atoms with van der Waals surface area (Å²) in [6, 6.07) is 0. The van der Waals surface area contributed by atoms with Gasteiger partial charge in [-0.1, -0.05) is 13.8 Å². The molecular weight excluding hydrogens is 240 g/mol. The van der Waals surface area contributed by atoms with Crippen molar-refractivity contribution in [2.45, 2.75) is 33.6 Å². The van der Waals surface area contributed by atoms with Crippen LogP contribution in [0, 0.1) is 12.8 Å². The molecule has 0 aromatic carbocycles. The Kier molecular flexibility index (Phi) is 4.62. The smallest absolute Gasteiger partial charge is 0.340 e. The fraction of sp³-hybridized carbons (Fsp3) is 0.545. The second kappa shape index (κ2) is 5.77. The maximum Gasteiger partial charge on any atom is 0.340 e. The Labute approximate surface area is 104 Å². The number of carbonyl (C=O) groups excluding carboxylic acids is 1. The van der Waals surface area contributed by atoms with Gasteiger partial charge in [-0.3, -0.25) is 4.79 Å². The fourth-order valence-electron chi connectivity index (χ4n) is 1.32. The van der Waals surface area contributed by atoms with E-state index in [0.717, 1.165) is 18.0 Å². The van der Waals surface area contributed by atoms with Gasteiger partial charge in [-0.05, 0) is 30.8 Å². The molecule has 5 nitrogen and oxygen atoms in total. The SMILES string of the molecule is Cc1nsc(NC(=O)CCC(C)C)c1C(=O)O. The van der Waals surface area contributed by atoms with Gasteiger partial charge in [-0.15, -0.1) is 0 Å². The molecule has 1 heterocycles. The molecule has 1 aromatic heterocycles. The van der Waals surface area contributed by atoms with Crippen molar-refractivity contribution >= 4 is 28.4 Å². The largest absolute Gasteiger partial charge is 0.478 e. The lowest BCUT2D eigenvalue weighted by Crippen LogP contribution is -2.13. The van der Waals surface area contributed by atoms with Gasteiger partial charge in [0.25, 0.3) is 0 Å². The van der Waals surface area contributed by atoms with Gasteiger partial charge in [0.15, 0.2) is 0 Å².